The summed E-state index contributed by atoms with van der Waals surface area (Å²) in [7, 11) is 0. The third-order valence-corrected chi connectivity index (χ3v) is 6.11. The van der Waals surface area contributed by atoms with E-state index >= 15 is 0 Å². The average Bonchev–Trinajstić information content (AvgIpc) is 2.27. The number of rotatable bonds is 1. The lowest BCUT2D eigenvalue weighted by Gasteiger charge is -2.65. The second kappa shape index (κ2) is 3.48. The quantitative estimate of drug-likeness (QED) is 0.748. The van der Waals surface area contributed by atoms with Crippen LogP contribution >= 0.6 is 0 Å². The van der Waals surface area contributed by atoms with Crippen LogP contribution in [0.15, 0.2) is 0 Å². The summed E-state index contributed by atoms with van der Waals surface area (Å²) in [5.41, 5.74) is 1.33. The molecule has 4 saturated carbocycles. The van der Waals surface area contributed by atoms with Crippen molar-refractivity contribution in [3.63, 3.8) is 0 Å². The van der Waals surface area contributed by atoms with Gasteiger partial charge in [0.15, 0.2) is 0 Å². The molecule has 4 atom stereocenters. The summed E-state index contributed by atoms with van der Waals surface area (Å²) in [4.78, 5) is 2.87. The zero-order chi connectivity index (χ0) is 11.5. The smallest absolute Gasteiger partial charge is 0.0221 e. The molecule has 0 amide bonds. The van der Waals surface area contributed by atoms with Gasteiger partial charge in [-0.2, -0.15) is 0 Å². The first-order chi connectivity index (χ1) is 8.18. The van der Waals surface area contributed by atoms with E-state index in [0.29, 0.717) is 11.0 Å². The molecule has 5 fully saturated rings. The maximum absolute atomic E-state index is 3.51. The van der Waals surface area contributed by atoms with Crippen molar-refractivity contribution >= 4 is 0 Å². The van der Waals surface area contributed by atoms with Gasteiger partial charge in [-0.1, -0.05) is 6.92 Å². The highest BCUT2D eigenvalue weighted by atomic mass is 15.2. The Labute approximate surface area is 105 Å². The molecule has 0 radical (unpaired) electrons. The third kappa shape index (κ3) is 1.60. The van der Waals surface area contributed by atoms with Gasteiger partial charge < -0.3 is 5.32 Å². The summed E-state index contributed by atoms with van der Waals surface area (Å²) < 4.78 is 0. The first-order valence-corrected chi connectivity index (χ1v) is 7.63. The van der Waals surface area contributed by atoms with Crippen molar-refractivity contribution in [3.8, 4) is 0 Å². The number of hydrogen-bond donors (Lipinski definition) is 1. The molecule has 2 heteroatoms. The minimum absolute atomic E-state index is 0.626. The number of nitrogens with zero attached hydrogens (tertiary/aromatic N) is 1. The number of hydrogen-bond acceptors (Lipinski definition) is 2. The van der Waals surface area contributed by atoms with E-state index in [9.17, 15) is 0 Å². The van der Waals surface area contributed by atoms with Crippen molar-refractivity contribution < 1.29 is 0 Å². The highest BCUT2D eigenvalue weighted by Gasteiger charge is 2.57. The Hall–Kier alpha value is -0.0800. The first-order valence-electron chi connectivity index (χ1n) is 7.63. The molecule has 5 aliphatic rings. The van der Waals surface area contributed by atoms with Gasteiger partial charge in [-0.3, -0.25) is 4.90 Å². The van der Waals surface area contributed by atoms with Crippen LogP contribution in [0.5, 0.6) is 0 Å². The molecule has 1 aliphatic heterocycles. The normalized spacial score (nSPS) is 54.2. The summed E-state index contributed by atoms with van der Waals surface area (Å²) >= 11 is 0. The molecule has 0 aromatic rings. The van der Waals surface area contributed by atoms with Gasteiger partial charge in [-0.05, 0) is 55.8 Å². The molecule has 4 aliphatic carbocycles. The molecule has 96 valence electrons. The molecule has 1 saturated heterocycles. The third-order valence-electron chi connectivity index (χ3n) is 6.11. The van der Waals surface area contributed by atoms with Gasteiger partial charge in [0, 0.05) is 31.7 Å². The molecule has 4 bridgehead atoms. The van der Waals surface area contributed by atoms with E-state index in [1.807, 2.05) is 0 Å². The van der Waals surface area contributed by atoms with E-state index in [0.717, 1.165) is 11.8 Å². The summed E-state index contributed by atoms with van der Waals surface area (Å²) in [6.07, 6.45) is 9.20. The van der Waals surface area contributed by atoms with Crippen LogP contribution in [0, 0.1) is 17.3 Å². The van der Waals surface area contributed by atoms with Crippen LogP contribution in [-0.4, -0.2) is 36.6 Å². The largest absolute Gasteiger partial charge is 0.314 e. The maximum Gasteiger partial charge on any atom is 0.0221 e. The zero-order valence-electron chi connectivity index (χ0n) is 11.2. The molecule has 17 heavy (non-hydrogen) atoms. The maximum atomic E-state index is 3.51. The Morgan fingerprint density at radius 2 is 1.65 bits per heavy atom. The van der Waals surface area contributed by atoms with Crippen molar-refractivity contribution in [1.82, 2.24) is 10.2 Å². The predicted molar refractivity (Wildman–Crippen MR) is 70.0 cm³/mol. The van der Waals surface area contributed by atoms with E-state index < -0.39 is 0 Å². The van der Waals surface area contributed by atoms with Crippen LogP contribution in [0.25, 0.3) is 0 Å². The van der Waals surface area contributed by atoms with Gasteiger partial charge in [-0.25, -0.2) is 0 Å². The Morgan fingerprint density at radius 1 is 1.00 bits per heavy atom. The fraction of sp³-hybridized carbons (Fsp3) is 1.00. The van der Waals surface area contributed by atoms with E-state index in [4.69, 9.17) is 0 Å². The Kier molecular flexibility index (Phi) is 2.21. The average molecular weight is 234 g/mol. The van der Waals surface area contributed by atoms with Gasteiger partial charge in [0.05, 0.1) is 0 Å². The minimum atomic E-state index is 0.626. The van der Waals surface area contributed by atoms with E-state index in [-0.39, 0.29) is 0 Å². The summed E-state index contributed by atoms with van der Waals surface area (Å²) in [5.74, 6) is 2.13. The fourth-order valence-corrected chi connectivity index (χ4v) is 6.18. The van der Waals surface area contributed by atoms with Crippen molar-refractivity contribution in [1.29, 1.82) is 0 Å². The van der Waals surface area contributed by atoms with Crippen molar-refractivity contribution in [2.24, 2.45) is 17.3 Å². The Balaban J connectivity index is 1.64. The minimum Gasteiger partial charge on any atom is -0.314 e. The number of piperazine rings is 1. The van der Waals surface area contributed by atoms with Crippen molar-refractivity contribution in [3.05, 3.63) is 0 Å². The molecule has 0 aromatic heterocycles. The summed E-state index contributed by atoms with van der Waals surface area (Å²) in [6.45, 7) is 7.62. The highest BCUT2D eigenvalue weighted by molar-refractivity contribution is 5.11. The zero-order valence-corrected chi connectivity index (χ0v) is 11.2. The van der Waals surface area contributed by atoms with Crippen LogP contribution in [0.1, 0.15) is 45.4 Å². The molecule has 2 nitrogen and oxygen atoms in total. The number of nitrogens with one attached hydrogen (secondary N) is 1. The van der Waals surface area contributed by atoms with Crippen LogP contribution in [0.2, 0.25) is 0 Å². The van der Waals surface area contributed by atoms with E-state index in [2.05, 4.69) is 17.1 Å². The summed E-state index contributed by atoms with van der Waals surface area (Å²) in [6, 6.07) is 0. The lowest BCUT2D eigenvalue weighted by molar-refractivity contribution is -0.128. The fourth-order valence-electron chi connectivity index (χ4n) is 6.18. The second-order valence-electron chi connectivity index (χ2n) is 7.73. The van der Waals surface area contributed by atoms with Crippen molar-refractivity contribution in [2.75, 3.05) is 26.2 Å². The van der Waals surface area contributed by atoms with Crippen LogP contribution in [0.4, 0.5) is 0 Å². The van der Waals surface area contributed by atoms with Gasteiger partial charge in [0.2, 0.25) is 0 Å². The lowest BCUT2D eigenvalue weighted by Crippen LogP contribution is -2.65. The van der Waals surface area contributed by atoms with Gasteiger partial charge >= 0.3 is 0 Å². The van der Waals surface area contributed by atoms with Gasteiger partial charge in [0.1, 0.15) is 0 Å². The van der Waals surface area contributed by atoms with Gasteiger partial charge in [0.25, 0.3) is 0 Å². The second-order valence-corrected chi connectivity index (χ2v) is 7.73. The van der Waals surface area contributed by atoms with Gasteiger partial charge in [-0.15, -0.1) is 0 Å². The summed E-state index contributed by atoms with van der Waals surface area (Å²) in [5, 5.41) is 3.51. The van der Waals surface area contributed by atoms with Crippen LogP contribution < -0.4 is 5.32 Å². The molecule has 0 aromatic carbocycles. The molecule has 1 heterocycles. The van der Waals surface area contributed by atoms with E-state index in [1.54, 1.807) is 6.42 Å². The van der Waals surface area contributed by atoms with Crippen LogP contribution in [0.3, 0.4) is 0 Å². The standard InChI is InChI=1S/C15H26N2/c1-14-7-12-6-13(8-14)10-15(9-12,11-14)17-4-2-16-3-5-17/h12-13,16H,2-11H2,1H3/t12-,13+,14?,15?. The molecule has 0 spiro atoms. The molecule has 5 rings (SSSR count). The van der Waals surface area contributed by atoms with Crippen molar-refractivity contribution in [2.45, 2.75) is 51.0 Å². The molecular formula is C15H26N2. The molecule has 1 N–H and O–H groups in total. The SMILES string of the molecule is CC12C[C@H]3C[C@@H](C1)CC(N1CCNCC1)(C3)C2. The monoisotopic (exact) mass is 234 g/mol. The highest BCUT2D eigenvalue weighted by Crippen LogP contribution is 2.63. The predicted octanol–water partition coefficient (Wildman–Crippen LogP) is 2.25. The molecule has 2 unspecified atom stereocenters. The molecular weight excluding hydrogens is 208 g/mol. The Morgan fingerprint density at radius 3 is 2.24 bits per heavy atom. The topological polar surface area (TPSA) is 15.3 Å². The van der Waals surface area contributed by atoms with E-state index in [1.165, 1.54) is 58.3 Å². The Bertz CT molecular complexity index is 305. The lowest BCUT2D eigenvalue weighted by atomic mass is 9.47. The first kappa shape index (κ1) is 10.8. The van der Waals surface area contributed by atoms with Crippen LogP contribution in [-0.2, 0) is 0 Å².